The summed E-state index contributed by atoms with van der Waals surface area (Å²) in [7, 11) is 0. The summed E-state index contributed by atoms with van der Waals surface area (Å²) in [4.78, 5) is 34.6. The van der Waals surface area contributed by atoms with Crippen molar-refractivity contribution in [3.05, 3.63) is 66.1 Å². The molecule has 1 aliphatic heterocycles. The first-order chi connectivity index (χ1) is 16.9. The molecule has 0 radical (unpaired) electrons. The van der Waals surface area contributed by atoms with E-state index in [0.29, 0.717) is 24.0 Å². The third-order valence-corrected chi connectivity index (χ3v) is 6.15. The maximum atomic E-state index is 12.0. The lowest BCUT2D eigenvalue weighted by Gasteiger charge is -2.32. The Morgan fingerprint density at radius 1 is 1.29 bits per heavy atom. The zero-order chi connectivity index (χ0) is 24.9. The molecule has 0 aliphatic carbocycles. The van der Waals surface area contributed by atoms with Gasteiger partial charge in [-0.25, -0.2) is 4.98 Å². The van der Waals surface area contributed by atoms with Crippen LogP contribution in [0.15, 0.2) is 49.4 Å². The molecule has 2 amide bonds. The molecule has 3 heterocycles. The van der Waals surface area contributed by atoms with Crippen LogP contribution in [0.4, 0.5) is 23.1 Å². The van der Waals surface area contributed by atoms with Gasteiger partial charge < -0.3 is 21.3 Å². The average Bonchev–Trinajstić information content (AvgIpc) is 3.33. The molecule has 182 valence electrons. The number of nitrogens with one attached hydrogen (secondary N) is 2. The Morgan fingerprint density at radius 3 is 2.86 bits per heavy atom. The number of rotatable bonds is 8. The van der Waals surface area contributed by atoms with Crippen LogP contribution in [-0.2, 0) is 11.2 Å². The number of likely N-dealkylation sites (tertiary alicyclic amines) is 1. The molecule has 1 aliphatic rings. The van der Waals surface area contributed by atoms with Gasteiger partial charge in [-0.1, -0.05) is 31.7 Å². The summed E-state index contributed by atoms with van der Waals surface area (Å²) in [6.07, 6.45) is 8.95. The van der Waals surface area contributed by atoms with Crippen molar-refractivity contribution in [2.75, 3.05) is 23.7 Å². The summed E-state index contributed by atoms with van der Waals surface area (Å²) in [6.45, 7) is 8.95. The fourth-order valence-electron chi connectivity index (χ4n) is 4.27. The minimum absolute atomic E-state index is 0.0666. The van der Waals surface area contributed by atoms with Crippen molar-refractivity contribution in [2.45, 2.75) is 39.2 Å². The third kappa shape index (κ3) is 5.32. The Hall–Kier alpha value is -4.21. The highest BCUT2D eigenvalue weighted by molar-refractivity contribution is 5.98. The number of aromatic nitrogens is 4. The Balaban J connectivity index is 1.55. The van der Waals surface area contributed by atoms with E-state index in [1.807, 2.05) is 36.0 Å². The smallest absolute Gasteiger partial charge is 0.254 e. The lowest BCUT2D eigenvalue weighted by Crippen LogP contribution is -2.39. The molecule has 0 bridgehead atoms. The molecule has 1 atom stereocenters. The van der Waals surface area contributed by atoms with Gasteiger partial charge in [-0.15, -0.1) is 0 Å². The number of anilines is 4. The molecule has 1 saturated heterocycles. The third-order valence-electron chi connectivity index (χ3n) is 6.15. The fraction of sp³-hybridized carbons (Fsp3) is 0.320. The second-order valence-electron chi connectivity index (χ2n) is 8.53. The highest BCUT2D eigenvalue weighted by Gasteiger charge is 2.24. The lowest BCUT2D eigenvalue weighted by atomic mass is 10.1. The Labute approximate surface area is 204 Å². The number of primary amides is 1. The largest absolute Gasteiger partial charge is 0.365 e. The van der Waals surface area contributed by atoms with Crippen molar-refractivity contribution >= 4 is 35.0 Å². The van der Waals surface area contributed by atoms with E-state index in [4.69, 9.17) is 5.73 Å². The van der Waals surface area contributed by atoms with Crippen LogP contribution in [0, 0.1) is 6.92 Å². The predicted octanol–water partition coefficient (Wildman–Crippen LogP) is 3.48. The summed E-state index contributed by atoms with van der Waals surface area (Å²) >= 11 is 0. The zero-order valence-electron chi connectivity index (χ0n) is 20.0. The molecule has 10 nitrogen and oxygen atoms in total. The van der Waals surface area contributed by atoms with Crippen LogP contribution in [0.25, 0.3) is 0 Å². The van der Waals surface area contributed by atoms with Gasteiger partial charge in [0.2, 0.25) is 11.9 Å². The minimum atomic E-state index is -0.616. The standard InChI is InChI=1S/C25H30N8O2/c1-4-17-9-6-8-16(3)22(17)30-24-20(23(26)35)13-27-25(31-24)29-18-12-28-33(14-18)19-10-7-11-32(15-19)21(34)5-2/h5-6,8-9,12-14,19H,2,4,7,10-11,15H2,1,3H3,(H2,26,35)(H2,27,29,30,31)/t19-/m0/s1. The van der Waals surface area contributed by atoms with Crippen molar-refractivity contribution < 1.29 is 9.59 Å². The number of amides is 2. The Kier molecular flexibility index (Phi) is 7.09. The zero-order valence-corrected chi connectivity index (χ0v) is 20.0. The molecular formula is C25H30N8O2. The van der Waals surface area contributed by atoms with Crippen molar-refractivity contribution in [3.63, 3.8) is 0 Å². The first kappa shape index (κ1) is 23.9. The van der Waals surface area contributed by atoms with Gasteiger partial charge in [0.25, 0.3) is 5.91 Å². The van der Waals surface area contributed by atoms with Crippen LogP contribution < -0.4 is 16.4 Å². The maximum absolute atomic E-state index is 12.0. The number of carbonyl (C=O) groups is 2. The first-order valence-electron chi connectivity index (χ1n) is 11.6. The number of nitrogens with zero attached hydrogens (tertiary/aromatic N) is 5. The van der Waals surface area contributed by atoms with Gasteiger partial charge >= 0.3 is 0 Å². The van der Waals surface area contributed by atoms with Gasteiger partial charge in [0, 0.05) is 31.2 Å². The fourth-order valence-corrected chi connectivity index (χ4v) is 4.27. The van der Waals surface area contributed by atoms with Gasteiger partial charge in [0.05, 0.1) is 17.9 Å². The first-order valence-corrected chi connectivity index (χ1v) is 11.6. The monoisotopic (exact) mass is 474 g/mol. The predicted molar refractivity (Wildman–Crippen MR) is 135 cm³/mol. The number of nitrogens with two attached hydrogens (primary N) is 1. The second kappa shape index (κ2) is 10.4. The van der Waals surface area contributed by atoms with Crippen LogP contribution in [0.3, 0.4) is 0 Å². The van der Waals surface area contributed by atoms with Crippen LogP contribution in [0.1, 0.15) is 47.3 Å². The summed E-state index contributed by atoms with van der Waals surface area (Å²) in [6, 6.07) is 6.10. The molecule has 4 rings (SSSR count). The van der Waals surface area contributed by atoms with E-state index in [9.17, 15) is 9.59 Å². The molecule has 35 heavy (non-hydrogen) atoms. The van der Waals surface area contributed by atoms with Crippen LogP contribution in [-0.4, -0.2) is 49.6 Å². The van der Waals surface area contributed by atoms with Crippen molar-refractivity contribution in [1.29, 1.82) is 0 Å². The van der Waals surface area contributed by atoms with E-state index in [-0.39, 0.29) is 17.5 Å². The quantitative estimate of drug-likeness (QED) is 0.426. The molecular weight excluding hydrogens is 444 g/mol. The maximum Gasteiger partial charge on any atom is 0.254 e. The Morgan fingerprint density at radius 2 is 2.11 bits per heavy atom. The van der Waals surface area contributed by atoms with Crippen LogP contribution >= 0.6 is 0 Å². The molecule has 0 unspecified atom stereocenters. The van der Waals surface area contributed by atoms with Crippen molar-refractivity contribution in [2.24, 2.45) is 5.73 Å². The topological polar surface area (TPSA) is 131 Å². The van der Waals surface area contributed by atoms with Crippen LogP contribution in [0.2, 0.25) is 0 Å². The SMILES string of the molecule is C=CC(=O)N1CCC[C@H](n2cc(Nc3ncc(C(N)=O)c(Nc4c(C)cccc4CC)n3)cn2)C1. The molecule has 4 N–H and O–H groups in total. The summed E-state index contributed by atoms with van der Waals surface area (Å²) < 4.78 is 1.85. The lowest BCUT2D eigenvalue weighted by molar-refractivity contribution is -0.127. The van der Waals surface area contributed by atoms with Gasteiger partial charge in [0.1, 0.15) is 11.4 Å². The highest BCUT2D eigenvalue weighted by atomic mass is 16.2. The number of piperidine rings is 1. The normalized spacial score (nSPS) is 15.5. The minimum Gasteiger partial charge on any atom is -0.365 e. The van der Waals surface area contributed by atoms with E-state index < -0.39 is 5.91 Å². The van der Waals surface area contributed by atoms with E-state index in [2.05, 4.69) is 39.2 Å². The van der Waals surface area contributed by atoms with Gasteiger partial charge in [-0.2, -0.15) is 10.1 Å². The molecule has 10 heteroatoms. The van der Waals surface area contributed by atoms with Crippen LogP contribution in [0.5, 0.6) is 0 Å². The van der Waals surface area contributed by atoms with Gasteiger partial charge in [0.15, 0.2) is 0 Å². The molecule has 1 aromatic carbocycles. The molecule has 0 spiro atoms. The molecule has 0 saturated carbocycles. The van der Waals surface area contributed by atoms with E-state index in [1.54, 1.807) is 11.1 Å². The number of hydrogen-bond donors (Lipinski definition) is 3. The highest BCUT2D eigenvalue weighted by Crippen LogP contribution is 2.28. The number of hydrogen-bond acceptors (Lipinski definition) is 7. The van der Waals surface area contributed by atoms with E-state index in [0.717, 1.165) is 42.6 Å². The van der Waals surface area contributed by atoms with Crippen molar-refractivity contribution in [3.8, 4) is 0 Å². The molecule has 3 aromatic rings. The summed E-state index contributed by atoms with van der Waals surface area (Å²) in [5.74, 6) is -0.0504. The second-order valence-corrected chi connectivity index (χ2v) is 8.53. The van der Waals surface area contributed by atoms with Gasteiger partial charge in [-0.3, -0.25) is 14.3 Å². The number of aryl methyl sites for hydroxylation is 2. The summed E-state index contributed by atoms with van der Waals surface area (Å²) in [5.41, 5.74) is 9.51. The van der Waals surface area contributed by atoms with E-state index >= 15 is 0 Å². The molecule has 1 fully saturated rings. The van der Waals surface area contributed by atoms with Crippen molar-refractivity contribution in [1.82, 2.24) is 24.6 Å². The van der Waals surface area contributed by atoms with Gasteiger partial charge in [-0.05, 0) is 43.4 Å². The summed E-state index contributed by atoms with van der Waals surface area (Å²) in [5, 5.41) is 10.9. The number of benzene rings is 1. The Bertz CT molecular complexity index is 1250. The van der Waals surface area contributed by atoms with E-state index in [1.165, 1.54) is 12.3 Å². The molecule has 2 aromatic heterocycles. The number of carbonyl (C=O) groups excluding carboxylic acids is 2. The average molecular weight is 475 g/mol. The number of para-hydroxylation sites is 1.